The summed E-state index contributed by atoms with van der Waals surface area (Å²) in [4.78, 5) is 0. The van der Waals surface area contributed by atoms with Gasteiger partial charge < -0.3 is 10.2 Å². The molecule has 2 heteroatoms. The van der Waals surface area contributed by atoms with Crippen molar-refractivity contribution < 1.29 is 15.7 Å². The monoisotopic (exact) mass is 434 g/mol. The van der Waals surface area contributed by atoms with Crippen LogP contribution in [-0.4, -0.2) is 10.2 Å². The molecule has 0 bridgehead atoms. The topological polar surface area (TPSA) is 40.5 Å². The molecule has 32 heavy (non-hydrogen) atoms. The van der Waals surface area contributed by atoms with E-state index in [9.17, 15) is 10.2 Å². The zero-order chi connectivity index (χ0) is 26.2. The van der Waals surface area contributed by atoms with Crippen molar-refractivity contribution in [2.24, 2.45) is 0 Å². The lowest BCUT2D eigenvalue weighted by Crippen LogP contribution is -2.05. The quantitative estimate of drug-likeness (QED) is 0.271. The first kappa shape index (κ1) is 19.1. The van der Waals surface area contributed by atoms with E-state index in [1.807, 2.05) is 60.7 Å². The molecule has 170 valence electrons. The van der Waals surface area contributed by atoms with Gasteiger partial charge in [-0.15, -0.1) is 0 Å². The van der Waals surface area contributed by atoms with Crippen molar-refractivity contribution in [3.05, 3.63) is 83.4 Å². The van der Waals surface area contributed by atoms with Crippen molar-refractivity contribution >= 4 is 0 Å². The van der Waals surface area contributed by atoms with Crippen LogP contribution in [0.4, 0.5) is 0 Å². The lowest BCUT2D eigenvalue weighted by Gasteiger charge is -2.22. The van der Waals surface area contributed by atoms with E-state index in [2.05, 4.69) is 6.92 Å². The average molecular weight is 435 g/mol. The third kappa shape index (κ3) is 6.31. The molecular weight excluding hydrogens is 392 g/mol. The Morgan fingerprint density at radius 2 is 1.16 bits per heavy atom. The lowest BCUT2D eigenvalue weighted by atomic mass is 9.83. The summed E-state index contributed by atoms with van der Waals surface area (Å²) in [5.41, 5.74) is 2.86. The fraction of sp³-hybridized carbons (Fsp3) is 0.400. The van der Waals surface area contributed by atoms with E-state index >= 15 is 0 Å². The SMILES string of the molecule is [2H]C([2H])(O)c1cc(CCCCCCCCCC)c(C([2H])([2H])O)c(-c2ccccc2)c1-c1ccccc1. The molecule has 3 aromatic rings. The molecule has 0 amide bonds. The van der Waals surface area contributed by atoms with Gasteiger partial charge in [-0.25, -0.2) is 0 Å². The normalized spacial score (nSPS) is 13.8. The first-order chi connectivity index (χ1) is 17.1. The minimum atomic E-state index is -2.65. The Hall–Kier alpha value is -2.42. The van der Waals surface area contributed by atoms with Crippen molar-refractivity contribution in [2.45, 2.75) is 77.8 Å². The van der Waals surface area contributed by atoms with E-state index in [-0.39, 0.29) is 11.1 Å². The van der Waals surface area contributed by atoms with Crippen molar-refractivity contribution in [1.29, 1.82) is 0 Å². The van der Waals surface area contributed by atoms with Crippen LogP contribution in [-0.2, 0) is 19.5 Å². The molecule has 0 aliphatic rings. The van der Waals surface area contributed by atoms with Gasteiger partial charge in [0.2, 0.25) is 0 Å². The maximum absolute atomic E-state index is 10.8. The fourth-order valence-electron chi connectivity index (χ4n) is 4.40. The second kappa shape index (κ2) is 13.2. The van der Waals surface area contributed by atoms with Gasteiger partial charge in [0.1, 0.15) is 0 Å². The first-order valence-corrected chi connectivity index (χ1v) is 11.9. The Labute approximate surface area is 199 Å². The molecule has 2 N–H and O–H groups in total. The molecule has 0 atom stereocenters. The van der Waals surface area contributed by atoms with E-state index in [0.29, 0.717) is 34.2 Å². The van der Waals surface area contributed by atoms with E-state index < -0.39 is 13.1 Å². The zero-order valence-electron chi connectivity index (χ0n) is 23.1. The van der Waals surface area contributed by atoms with Crippen molar-refractivity contribution in [2.75, 3.05) is 0 Å². The summed E-state index contributed by atoms with van der Waals surface area (Å²) >= 11 is 0. The van der Waals surface area contributed by atoms with Gasteiger partial charge in [-0.05, 0) is 51.8 Å². The highest BCUT2D eigenvalue weighted by atomic mass is 16.3. The Kier molecular flexibility index (Phi) is 7.87. The number of rotatable bonds is 13. The molecule has 2 nitrogen and oxygen atoms in total. The molecular formula is C30H38O2. The van der Waals surface area contributed by atoms with E-state index in [4.69, 9.17) is 5.48 Å². The molecule has 0 aromatic heterocycles. The number of aliphatic hydroxyl groups is 2. The van der Waals surface area contributed by atoms with Crippen LogP contribution in [0.5, 0.6) is 0 Å². The largest absolute Gasteiger partial charge is 0.392 e. The number of unbranched alkanes of at least 4 members (excludes halogenated alkanes) is 7. The Bertz CT molecular complexity index is 1090. The molecule has 0 spiro atoms. The number of hydrogen-bond donors (Lipinski definition) is 2. The summed E-state index contributed by atoms with van der Waals surface area (Å²) in [6.07, 6.45) is 9.46. The smallest absolute Gasteiger partial charge is 0.0690 e. The van der Waals surface area contributed by atoms with Crippen LogP contribution in [0.15, 0.2) is 66.7 Å². The van der Waals surface area contributed by atoms with Crippen LogP contribution < -0.4 is 0 Å². The number of hydrogen-bond acceptors (Lipinski definition) is 2. The molecule has 0 saturated heterocycles. The first-order valence-electron chi connectivity index (χ1n) is 13.9. The summed E-state index contributed by atoms with van der Waals surface area (Å²) in [7, 11) is 0. The van der Waals surface area contributed by atoms with Gasteiger partial charge in [-0.3, -0.25) is 0 Å². The van der Waals surface area contributed by atoms with E-state index in [1.165, 1.54) is 32.1 Å². The summed E-state index contributed by atoms with van der Waals surface area (Å²) in [6, 6.07) is 19.8. The third-order valence-corrected chi connectivity index (χ3v) is 6.07. The number of benzene rings is 3. The van der Waals surface area contributed by atoms with Crippen LogP contribution in [0.2, 0.25) is 0 Å². The van der Waals surface area contributed by atoms with Gasteiger partial charge in [-0.2, -0.15) is 0 Å². The molecule has 0 radical (unpaired) electrons. The van der Waals surface area contributed by atoms with Gasteiger partial charge in [0.05, 0.1) is 18.6 Å². The Morgan fingerprint density at radius 3 is 1.69 bits per heavy atom. The summed E-state index contributed by atoms with van der Waals surface area (Å²) < 4.78 is 33.2. The van der Waals surface area contributed by atoms with E-state index in [0.717, 1.165) is 19.3 Å². The maximum atomic E-state index is 10.8. The van der Waals surface area contributed by atoms with Gasteiger partial charge in [0.15, 0.2) is 0 Å². The molecule has 0 unspecified atom stereocenters. The van der Waals surface area contributed by atoms with Gasteiger partial charge in [0.25, 0.3) is 0 Å². The third-order valence-electron chi connectivity index (χ3n) is 6.07. The number of aryl methyl sites for hydroxylation is 1. The summed E-state index contributed by atoms with van der Waals surface area (Å²) in [5.74, 6) is 0. The van der Waals surface area contributed by atoms with Crippen LogP contribution in [0.25, 0.3) is 22.3 Å². The van der Waals surface area contributed by atoms with Gasteiger partial charge >= 0.3 is 0 Å². The minimum Gasteiger partial charge on any atom is -0.392 e. The standard InChI is InChI=1S/C30H38O2/c1-2-3-4-5-6-7-8-11-20-26-21-27(22-31)29(24-16-12-9-13-17-24)30(28(26)23-32)25-18-14-10-15-19-25/h9-10,12-19,21,31-32H,2-8,11,20,22-23H2,1H3/i22D2,23D2. The van der Waals surface area contributed by atoms with Crippen molar-refractivity contribution in [3.63, 3.8) is 0 Å². The van der Waals surface area contributed by atoms with Crippen LogP contribution in [0, 0.1) is 0 Å². The molecule has 0 aliphatic carbocycles. The second-order valence-electron chi connectivity index (χ2n) is 8.39. The fourth-order valence-corrected chi connectivity index (χ4v) is 4.40. The Morgan fingerprint density at radius 1 is 0.625 bits per heavy atom. The summed E-state index contributed by atoms with van der Waals surface area (Å²) in [5, 5.41) is 21.4. The highest BCUT2D eigenvalue weighted by molar-refractivity contribution is 5.88. The molecule has 0 saturated carbocycles. The van der Waals surface area contributed by atoms with Gasteiger partial charge in [-0.1, -0.05) is 119 Å². The predicted molar refractivity (Wildman–Crippen MR) is 135 cm³/mol. The van der Waals surface area contributed by atoms with Crippen LogP contribution in [0.1, 0.15) is 80.5 Å². The highest BCUT2D eigenvalue weighted by Gasteiger charge is 2.19. The summed E-state index contributed by atoms with van der Waals surface area (Å²) in [6.45, 7) is -3.10. The molecule has 0 heterocycles. The second-order valence-corrected chi connectivity index (χ2v) is 8.39. The van der Waals surface area contributed by atoms with E-state index in [1.54, 1.807) is 6.07 Å². The molecule has 3 rings (SSSR count). The zero-order valence-corrected chi connectivity index (χ0v) is 19.1. The maximum Gasteiger partial charge on any atom is 0.0690 e. The average Bonchev–Trinajstić information content (AvgIpc) is 2.84. The van der Waals surface area contributed by atoms with Gasteiger partial charge in [0, 0.05) is 0 Å². The highest BCUT2D eigenvalue weighted by Crippen LogP contribution is 2.40. The van der Waals surface area contributed by atoms with Crippen LogP contribution in [0.3, 0.4) is 0 Å². The molecule has 0 aliphatic heterocycles. The predicted octanol–water partition coefficient (Wildman–Crippen LogP) is 7.69. The molecule has 0 fully saturated rings. The lowest BCUT2D eigenvalue weighted by molar-refractivity contribution is 0.277. The van der Waals surface area contributed by atoms with Crippen molar-refractivity contribution in [1.82, 2.24) is 0 Å². The Balaban J connectivity index is 2.12. The van der Waals surface area contributed by atoms with Crippen molar-refractivity contribution in [3.8, 4) is 22.3 Å². The van der Waals surface area contributed by atoms with Crippen LogP contribution >= 0.6 is 0 Å². The molecule has 3 aromatic carbocycles. The minimum absolute atomic E-state index is 0.0788.